The molecule has 1 heterocycles. The molecule has 0 spiro atoms. The second kappa shape index (κ2) is 7.54. The van der Waals surface area contributed by atoms with Crippen LogP contribution in [0.5, 0.6) is 0 Å². The van der Waals surface area contributed by atoms with Crippen molar-refractivity contribution in [2.75, 3.05) is 29.9 Å². The molecule has 4 nitrogen and oxygen atoms in total. The Morgan fingerprint density at radius 1 is 1.44 bits per heavy atom. The second-order valence-electron chi connectivity index (χ2n) is 4.71. The lowest BCUT2D eigenvalue weighted by atomic mass is 10.2. The Balaban J connectivity index is 2.82. The zero-order chi connectivity index (χ0) is 13.4. The van der Waals surface area contributed by atoms with Crippen LogP contribution < -0.4 is 10.2 Å². The molecular weight excluding hydrogens is 224 g/mol. The third-order valence-corrected chi connectivity index (χ3v) is 2.55. The van der Waals surface area contributed by atoms with E-state index in [0.717, 1.165) is 31.0 Å². The smallest absolute Gasteiger partial charge is 0.0640 e. The molecule has 0 saturated carbocycles. The molecule has 1 rings (SSSR count). The number of hydrogen-bond acceptors (Lipinski definition) is 4. The van der Waals surface area contributed by atoms with E-state index in [0.29, 0.717) is 12.3 Å². The first-order valence-electron chi connectivity index (χ1n) is 6.48. The van der Waals surface area contributed by atoms with Gasteiger partial charge in [0.2, 0.25) is 0 Å². The van der Waals surface area contributed by atoms with E-state index in [2.05, 4.69) is 48.1 Å². The maximum absolute atomic E-state index is 8.73. The Morgan fingerprint density at radius 2 is 2.22 bits per heavy atom. The van der Waals surface area contributed by atoms with Gasteiger partial charge in [-0.3, -0.25) is 4.98 Å². The number of nitriles is 1. The molecule has 0 radical (unpaired) electrons. The summed E-state index contributed by atoms with van der Waals surface area (Å²) in [5.74, 6) is 0.562. The van der Waals surface area contributed by atoms with Crippen LogP contribution in [0.15, 0.2) is 18.5 Å². The highest BCUT2D eigenvalue weighted by Gasteiger charge is 2.09. The summed E-state index contributed by atoms with van der Waals surface area (Å²) in [4.78, 5) is 6.48. The van der Waals surface area contributed by atoms with Gasteiger partial charge in [-0.25, -0.2) is 0 Å². The predicted molar refractivity (Wildman–Crippen MR) is 75.7 cm³/mol. The summed E-state index contributed by atoms with van der Waals surface area (Å²) in [5.41, 5.74) is 2.11. The van der Waals surface area contributed by atoms with Crippen LogP contribution in [0.4, 0.5) is 11.4 Å². The minimum absolute atomic E-state index is 0.540. The van der Waals surface area contributed by atoms with Crippen LogP contribution in [0.25, 0.3) is 0 Å². The Bertz CT molecular complexity index is 395. The average Bonchev–Trinajstić information content (AvgIpc) is 2.35. The normalized spacial score (nSPS) is 10.2. The van der Waals surface area contributed by atoms with Crippen LogP contribution in [0, 0.1) is 17.2 Å². The fraction of sp³-hybridized carbons (Fsp3) is 0.571. The fourth-order valence-electron chi connectivity index (χ4n) is 1.85. The van der Waals surface area contributed by atoms with Crippen LogP contribution in [0.1, 0.15) is 27.2 Å². The van der Waals surface area contributed by atoms with Crippen molar-refractivity contribution in [1.29, 1.82) is 5.26 Å². The highest BCUT2D eigenvalue weighted by atomic mass is 15.1. The van der Waals surface area contributed by atoms with Gasteiger partial charge in [-0.05, 0) is 18.9 Å². The summed E-state index contributed by atoms with van der Waals surface area (Å²) in [5, 5.41) is 12.0. The molecule has 0 aliphatic rings. The quantitative estimate of drug-likeness (QED) is 0.803. The van der Waals surface area contributed by atoms with E-state index < -0.39 is 0 Å². The van der Waals surface area contributed by atoms with Crippen molar-refractivity contribution in [3.8, 4) is 6.07 Å². The van der Waals surface area contributed by atoms with Gasteiger partial charge >= 0.3 is 0 Å². The number of nitrogens with zero attached hydrogens (tertiary/aromatic N) is 3. The first kappa shape index (κ1) is 14.3. The van der Waals surface area contributed by atoms with E-state index in [1.54, 1.807) is 0 Å². The first-order valence-corrected chi connectivity index (χ1v) is 6.48. The molecule has 0 aromatic carbocycles. The number of hydrogen-bond donors (Lipinski definition) is 1. The van der Waals surface area contributed by atoms with Crippen molar-refractivity contribution in [1.82, 2.24) is 4.98 Å². The van der Waals surface area contributed by atoms with Crippen molar-refractivity contribution in [2.45, 2.75) is 27.2 Å². The van der Waals surface area contributed by atoms with E-state index in [-0.39, 0.29) is 0 Å². The van der Waals surface area contributed by atoms with Crippen molar-refractivity contribution >= 4 is 11.4 Å². The molecule has 0 aliphatic heterocycles. The molecule has 1 aromatic rings. The topological polar surface area (TPSA) is 52.0 Å². The third kappa shape index (κ3) is 4.62. The highest BCUT2D eigenvalue weighted by Crippen LogP contribution is 2.19. The van der Waals surface area contributed by atoms with Crippen molar-refractivity contribution < 1.29 is 0 Å². The number of rotatable bonds is 7. The number of anilines is 2. The molecule has 0 bridgehead atoms. The number of pyridine rings is 1. The molecule has 0 atom stereocenters. The van der Waals surface area contributed by atoms with Gasteiger partial charge in [-0.15, -0.1) is 0 Å². The Kier molecular flexibility index (Phi) is 5.99. The molecule has 0 amide bonds. The maximum Gasteiger partial charge on any atom is 0.0640 e. The summed E-state index contributed by atoms with van der Waals surface area (Å²) in [6.07, 6.45) is 4.23. The van der Waals surface area contributed by atoms with E-state index in [1.807, 2.05) is 12.4 Å². The largest absolute Gasteiger partial charge is 0.384 e. The van der Waals surface area contributed by atoms with Gasteiger partial charge in [0.05, 0.1) is 36.3 Å². The van der Waals surface area contributed by atoms with Gasteiger partial charge in [0, 0.05) is 19.6 Å². The average molecular weight is 246 g/mol. The Morgan fingerprint density at radius 3 is 2.83 bits per heavy atom. The van der Waals surface area contributed by atoms with Crippen LogP contribution in [-0.2, 0) is 0 Å². The summed E-state index contributed by atoms with van der Waals surface area (Å²) in [6, 6.07) is 4.30. The Hall–Kier alpha value is -1.76. The zero-order valence-corrected chi connectivity index (χ0v) is 11.5. The number of aromatic nitrogens is 1. The van der Waals surface area contributed by atoms with Crippen LogP contribution >= 0.6 is 0 Å². The van der Waals surface area contributed by atoms with E-state index in [1.165, 1.54) is 0 Å². The van der Waals surface area contributed by atoms with Gasteiger partial charge in [0.1, 0.15) is 0 Å². The molecule has 0 aliphatic carbocycles. The summed E-state index contributed by atoms with van der Waals surface area (Å²) < 4.78 is 0. The van der Waals surface area contributed by atoms with E-state index in [4.69, 9.17) is 5.26 Å². The Labute approximate surface area is 110 Å². The zero-order valence-electron chi connectivity index (χ0n) is 11.5. The van der Waals surface area contributed by atoms with Gasteiger partial charge < -0.3 is 10.2 Å². The van der Waals surface area contributed by atoms with Gasteiger partial charge in [0.15, 0.2) is 0 Å². The van der Waals surface area contributed by atoms with Crippen molar-refractivity contribution in [2.24, 2.45) is 5.92 Å². The minimum Gasteiger partial charge on any atom is -0.384 e. The van der Waals surface area contributed by atoms with E-state index >= 15 is 0 Å². The van der Waals surface area contributed by atoms with E-state index in [9.17, 15) is 0 Å². The molecule has 0 unspecified atom stereocenters. The summed E-state index contributed by atoms with van der Waals surface area (Å²) in [6.45, 7) is 9.01. The molecular formula is C14H22N4. The lowest BCUT2D eigenvalue weighted by Gasteiger charge is -2.25. The molecule has 1 aromatic heterocycles. The van der Waals surface area contributed by atoms with Gasteiger partial charge in [-0.1, -0.05) is 13.8 Å². The molecule has 4 heteroatoms. The molecule has 0 fully saturated rings. The third-order valence-electron chi connectivity index (χ3n) is 2.55. The lowest BCUT2D eigenvalue weighted by molar-refractivity contribution is 0.611. The van der Waals surface area contributed by atoms with Gasteiger partial charge in [0.25, 0.3) is 0 Å². The monoisotopic (exact) mass is 246 g/mol. The van der Waals surface area contributed by atoms with Crippen LogP contribution in [0.2, 0.25) is 0 Å². The first-order chi connectivity index (χ1) is 8.67. The summed E-state index contributed by atoms with van der Waals surface area (Å²) in [7, 11) is 0. The minimum atomic E-state index is 0.540. The molecule has 98 valence electrons. The highest BCUT2D eigenvalue weighted by molar-refractivity contribution is 5.55. The predicted octanol–water partition coefficient (Wildman–Crippen LogP) is 2.89. The molecule has 18 heavy (non-hydrogen) atoms. The number of nitrogens with one attached hydrogen (secondary N) is 1. The van der Waals surface area contributed by atoms with Crippen molar-refractivity contribution in [3.63, 3.8) is 0 Å². The van der Waals surface area contributed by atoms with Gasteiger partial charge in [-0.2, -0.15) is 5.26 Å². The lowest BCUT2D eigenvalue weighted by Crippen LogP contribution is -2.28. The summed E-state index contributed by atoms with van der Waals surface area (Å²) >= 11 is 0. The van der Waals surface area contributed by atoms with Crippen molar-refractivity contribution in [3.05, 3.63) is 18.5 Å². The molecule has 0 saturated heterocycles. The SMILES string of the molecule is CCNc1cncc(N(CCC#N)CC(C)C)c1. The molecule has 1 N–H and O–H groups in total. The fourth-order valence-corrected chi connectivity index (χ4v) is 1.85. The second-order valence-corrected chi connectivity index (χ2v) is 4.71. The van der Waals surface area contributed by atoms with Crippen LogP contribution in [-0.4, -0.2) is 24.6 Å². The van der Waals surface area contributed by atoms with Crippen LogP contribution in [0.3, 0.4) is 0 Å². The maximum atomic E-state index is 8.73. The standard InChI is InChI=1S/C14H22N4/c1-4-17-13-8-14(10-16-9-13)18(7-5-6-15)11-12(2)3/h8-10,12,17H,4-5,7,11H2,1-3H3.